The predicted molar refractivity (Wildman–Crippen MR) is 82.3 cm³/mol. The fourth-order valence-corrected chi connectivity index (χ4v) is 2.32. The minimum Gasteiger partial charge on any atom is -0.490 e. The van der Waals surface area contributed by atoms with Crippen molar-refractivity contribution in [3.63, 3.8) is 0 Å². The van der Waals surface area contributed by atoms with Crippen molar-refractivity contribution in [1.82, 2.24) is 0 Å². The summed E-state index contributed by atoms with van der Waals surface area (Å²) < 4.78 is 22.2. The van der Waals surface area contributed by atoms with Crippen LogP contribution in [0.15, 0.2) is 48.5 Å². The quantitative estimate of drug-likeness (QED) is 0.737. The van der Waals surface area contributed by atoms with Gasteiger partial charge in [-0.3, -0.25) is 0 Å². The summed E-state index contributed by atoms with van der Waals surface area (Å²) in [5, 5.41) is 0. The molecule has 0 bridgehead atoms. The Balaban J connectivity index is 1.59. The van der Waals surface area contributed by atoms with Gasteiger partial charge in [-0.15, -0.1) is 0 Å². The summed E-state index contributed by atoms with van der Waals surface area (Å²) in [6, 6.07) is 16.1. The summed E-state index contributed by atoms with van der Waals surface area (Å²) in [7, 11) is 0. The Hall–Kier alpha value is -2.04. The standard InChI is InChI=1S/C18H18O4/c1-3-7-17(21-11-13-9-19-13)15(5-1)16-6-2-4-8-18(16)22-12-14-10-20-14/h1-8,13-14H,9-12H2/t13-,14+. The third-order valence-corrected chi connectivity index (χ3v) is 3.72. The minimum absolute atomic E-state index is 0.242. The van der Waals surface area contributed by atoms with Crippen LogP contribution < -0.4 is 9.47 Å². The molecule has 0 saturated carbocycles. The normalized spacial score (nSPS) is 22.2. The predicted octanol–water partition coefficient (Wildman–Crippen LogP) is 2.91. The van der Waals surface area contributed by atoms with Gasteiger partial charge in [0, 0.05) is 11.1 Å². The zero-order valence-corrected chi connectivity index (χ0v) is 12.2. The molecule has 4 rings (SSSR count). The van der Waals surface area contributed by atoms with Crippen LogP contribution >= 0.6 is 0 Å². The monoisotopic (exact) mass is 298 g/mol. The fourth-order valence-electron chi connectivity index (χ4n) is 2.32. The summed E-state index contributed by atoms with van der Waals surface area (Å²) in [5.74, 6) is 1.72. The molecule has 4 heteroatoms. The van der Waals surface area contributed by atoms with Crippen molar-refractivity contribution >= 4 is 0 Å². The molecular weight excluding hydrogens is 280 g/mol. The molecule has 0 spiro atoms. The number of ether oxygens (including phenoxy) is 4. The van der Waals surface area contributed by atoms with Crippen LogP contribution in [-0.4, -0.2) is 38.6 Å². The average Bonchev–Trinajstić information content (AvgIpc) is 3.47. The second-order valence-corrected chi connectivity index (χ2v) is 5.53. The lowest BCUT2D eigenvalue weighted by atomic mass is 10.0. The van der Waals surface area contributed by atoms with Crippen LogP contribution in [0.2, 0.25) is 0 Å². The van der Waals surface area contributed by atoms with Crippen LogP contribution in [0.25, 0.3) is 11.1 Å². The smallest absolute Gasteiger partial charge is 0.127 e. The zero-order valence-electron chi connectivity index (χ0n) is 12.2. The molecule has 114 valence electrons. The number of epoxide rings is 2. The van der Waals surface area contributed by atoms with Gasteiger partial charge in [0.25, 0.3) is 0 Å². The van der Waals surface area contributed by atoms with E-state index in [1.807, 2.05) is 36.4 Å². The molecule has 2 atom stereocenters. The van der Waals surface area contributed by atoms with E-state index in [0.717, 1.165) is 35.8 Å². The first-order valence-electron chi connectivity index (χ1n) is 7.57. The summed E-state index contributed by atoms with van der Waals surface area (Å²) in [4.78, 5) is 0. The van der Waals surface area contributed by atoms with Crippen molar-refractivity contribution in [2.24, 2.45) is 0 Å². The van der Waals surface area contributed by atoms with Gasteiger partial charge in [0.1, 0.15) is 36.9 Å². The van der Waals surface area contributed by atoms with E-state index in [2.05, 4.69) is 12.1 Å². The van der Waals surface area contributed by atoms with Gasteiger partial charge in [-0.2, -0.15) is 0 Å². The van der Waals surface area contributed by atoms with E-state index in [0.29, 0.717) is 13.2 Å². The number of hydrogen-bond donors (Lipinski definition) is 0. The Morgan fingerprint density at radius 2 is 1.14 bits per heavy atom. The largest absolute Gasteiger partial charge is 0.490 e. The highest BCUT2D eigenvalue weighted by atomic mass is 16.6. The van der Waals surface area contributed by atoms with Gasteiger partial charge < -0.3 is 18.9 Å². The fraction of sp³-hybridized carbons (Fsp3) is 0.333. The highest BCUT2D eigenvalue weighted by Crippen LogP contribution is 2.36. The van der Waals surface area contributed by atoms with Crippen molar-refractivity contribution in [2.45, 2.75) is 12.2 Å². The summed E-state index contributed by atoms with van der Waals surface area (Å²) in [5.41, 5.74) is 2.07. The van der Waals surface area contributed by atoms with Gasteiger partial charge in [0.15, 0.2) is 0 Å². The topological polar surface area (TPSA) is 43.5 Å². The van der Waals surface area contributed by atoms with E-state index < -0.39 is 0 Å². The second kappa shape index (κ2) is 5.99. The lowest BCUT2D eigenvalue weighted by Crippen LogP contribution is -2.06. The molecule has 0 aliphatic carbocycles. The van der Waals surface area contributed by atoms with E-state index in [9.17, 15) is 0 Å². The molecule has 2 aromatic carbocycles. The molecule has 2 aliphatic heterocycles. The maximum Gasteiger partial charge on any atom is 0.127 e. The van der Waals surface area contributed by atoms with Crippen molar-refractivity contribution in [2.75, 3.05) is 26.4 Å². The molecule has 0 unspecified atom stereocenters. The number of para-hydroxylation sites is 2. The third kappa shape index (κ3) is 3.24. The maximum atomic E-state index is 5.90. The first kappa shape index (κ1) is 13.6. The molecule has 0 amide bonds. The molecule has 2 fully saturated rings. The Labute approximate surface area is 129 Å². The second-order valence-electron chi connectivity index (χ2n) is 5.53. The molecule has 4 nitrogen and oxygen atoms in total. The van der Waals surface area contributed by atoms with Gasteiger partial charge in [-0.25, -0.2) is 0 Å². The van der Waals surface area contributed by atoms with Crippen molar-refractivity contribution in [1.29, 1.82) is 0 Å². The Morgan fingerprint density at radius 1 is 0.727 bits per heavy atom. The number of hydrogen-bond acceptors (Lipinski definition) is 4. The van der Waals surface area contributed by atoms with Gasteiger partial charge in [-0.1, -0.05) is 36.4 Å². The molecule has 2 saturated heterocycles. The average molecular weight is 298 g/mol. The van der Waals surface area contributed by atoms with Gasteiger partial charge >= 0.3 is 0 Å². The van der Waals surface area contributed by atoms with Crippen LogP contribution in [-0.2, 0) is 9.47 Å². The van der Waals surface area contributed by atoms with Crippen LogP contribution in [0, 0.1) is 0 Å². The van der Waals surface area contributed by atoms with Crippen LogP contribution in [0.1, 0.15) is 0 Å². The van der Waals surface area contributed by atoms with Gasteiger partial charge in [0.2, 0.25) is 0 Å². The summed E-state index contributed by atoms with van der Waals surface area (Å²) in [6.07, 6.45) is 0.484. The molecule has 22 heavy (non-hydrogen) atoms. The minimum atomic E-state index is 0.242. The van der Waals surface area contributed by atoms with E-state index in [4.69, 9.17) is 18.9 Å². The summed E-state index contributed by atoms with van der Waals surface area (Å²) >= 11 is 0. The van der Waals surface area contributed by atoms with Crippen molar-refractivity contribution in [3.05, 3.63) is 48.5 Å². The third-order valence-electron chi connectivity index (χ3n) is 3.72. The van der Waals surface area contributed by atoms with E-state index in [1.165, 1.54) is 0 Å². The lowest BCUT2D eigenvalue weighted by Gasteiger charge is -2.14. The Kier molecular flexibility index (Phi) is 3.70. The molecule has 0 N–H and O–H groups in total. The maximum absolute atomic E-state index is 5.90. The van der Waals surface area contributed by atoms with Crippen molar-refractivity contribution in [3.8, 4) is 22.6 Å². The number of rotatable bonds is 7. The Morgan fingerprint density at radius 3 is 1.55 bits per heavy atom. The molecular formula is C18H18O4. The van der Waals surface area contributed by atoms with E-state index in [1.54, 1.807) is 0 Å². The van der Waals surface area contributed by atoms with Crippen LogP contribution in [0.4, 0.5) is 0 Å². The van der Waals surface area contributed by atoms with E-state index >= 15 is 0 Å². The van der Waals surface area contributed by atoms with Crippen molar-refractivity contribution < 1.29 is 18.9 Å². The van der Waals surface area contributed by atoms with E-state index in [-0.39, 0.29) is 12.2 Å². The molecule has 2 aliphatic rings. The van der Waals surface area contributed by atoms with Crippen LogP contribution in [0.5, 0.6) is 11.5 Å². The first-order valence-corrected chi connectivity index (χ1v) is 7.57. The highest BCUT2D eigenvalue weighted by Gasteiger charge is 2.25. The number of benzene rings is 2. The molecule has 0 aromatic heterocycles. The van der Waals surface area contributed by atoms with Gasteiger partial charge in [0.05, 0.1) is 13.2 Å². The molecule has 2 heterocycles. The Bertz CT molecular complexity index is 590. The summed E-state index contributed by atoms with van der Waals surface area (Å²) in [6.45, 7) is 2.78. The van der Waals surface area contributed by atoms with Crippen LogP contribution in [0.3, 0.4) is 0 Å². The zero-order chi connectivity index (χ0) is 14.8. The highest BCUT2D eigenvalue weighted by molar-refractivity contribution is 5.75. The first-order chi connectivity index (χ1) is 10.9. The van der Waals surface area contributed by atoms with Gasteiger partial charge in [-0.05, 0) is 12.1 Å². The molecule has 0 radical (unpaired) electrons. The molecule has 2 aromatic rings. The lowest BCUT2D eigenvalue weighted by molar-refractivity contribution is 0.261. The SMILES string of the molecule is c1ccc(-c2ccccc2OC[C@H]2CO2)c(OC[C@@H]2CO2)c1.